The van der Waals surface area contributed by atoms with Crippen molar-refractivity contribution in [1.82, 2.24) is 10.6 Å². The molecule has 0 unspecified atom stereocenters. The number of aliphatic hydroxyl groups excluding tert-OH is 1. The van der Waals surface area contributed by atoms with Gasteiger partial charge in [-0.05, 0) is 56.6 Å². The van der Waals surface area contributed by atoms with E-state index in [9.17, 15) is 29.1 Å². The number of hydrogen-bond donors (Lipinski definition) is 3. The zero-order chi connectivity index (χ0) is 86.5. The fourth-order valence-electron chi connectivity index (χ4n) is 14.7. The molecule has 12 rings (SSSR count). The van der Waals surface area contributed by atoms with Crippen LogP contribution in [0.3, 0.4) is 0 Å². The quantitative estimate of drug-likeness (QED) is 0.0182. The molecule has 4 fully saturated rings. The van der Waals surface area contributed by atoms with Crippen molar-refractivity contribution in [3.05, 3.63) is 281 Å². The van der Waals surface area contributed by atoms with E-state index in [1.165, 1.54) is 6.92 Å². The average molecular weight is 1760 g/mol. The second-order valence-electron chi connectivity index (χ2n) is 29.7. The summed E-state index contributed by atoms with van der Waals surface area (Å²) in [4.78, 5) is 69.3. The minimum atomic E-state index is -2.17. The molecule has 0 saturated carbocycles. The van der Waals surface area contributed by atoms with Crippen LogP contribution in [0.1, 0.15) is 72.2 Å². The lowest BCUT2D eigenvalue weighted by atomic mass is 9.93. The molecule has 3 N–H and O–H groups in total. The summed E-state index contributed by atoms with van der Waals surface area (Å²) in [5.74, 6) is -2.66. The second-order valence-corrected chi connectivity index (χ2v) is 32.2. The summed E-state index contributed by atoms with van der Waals surface area (Å²) in [5, 5.41) is 18.4. The fourth-order valence-corrected chi connectivity index (χ4v) is 14.8. The van der Waals surface area contributed by atoms with Crippen molar-refractivity contribution in [2.75, 3.05) is 40.1 Å². The molecule has 0 radical (unpaired) electrons. The summed E-state index contributed by atoms with van der Waals surface area (Å²) in [6.07, 6.45) is -29.2. The Morgan fingerprint density at radius 2 is 0.683 bits per heavy atom. The summed E-state index contributed by atoms with van der Waals surface area (Å²) in [5.41, 5.74) is 5.93. The van der Waals surface area contributed by atoms with E-state index in [1.807, 2.05) is 224 Å². The highest BCUT2D eigenvalue weighted by molar-refractivity contribution is 6.67. The van der Waals surface area contributed by atoms with Crippen molar-refractivity contribution in [1.29, 1.82) is 0 Å². The van der Waals surface area contributed by atoms with E-state index in [0.717, 1.165) is 54.2 Å². The first-order valence-corrected chi connectivity index (χ1v) is 41.5. The highest BCUT2D eigenvalue weighted by Crippen LogP contribution is 2.41. The Kier molecular flexibility index (Phi) is 35.8. The van der Waals surface area contributed by atoms with Crippen LogP contribution >= 0.6 is 34.8 Å². The Balaban J connectivity index is 1.07. The molecule has 0 aliphatic carbocycles. The van der Waals surface area contributed by atoms with Crippen molar-refractivity contribution >= 4 is 64.7 Å². The molecule has 8 aromatic carbocycles. The molecule has 4 aliphatic rings. The topological polar surface area (TPSA) is 314 Å². The standard InChI is InChI=1S/C92H103Cl3N2O26/c1-58(98)96-75-81(110-48-65-33-19-9-20-34-65)77(109-52-69-41-43-70(104-5)44-42-69)71(53-105-45-62-27-13-6-14-28-62)118-88(75)123-84-80(121-89-76(97-91(103)114-57-92(93,94)95)82(116-61(4)101)78(115-60(3)100)74(119-89)56-108-59(2)99)73(55-107-47-64-31-17-8-18-32-64)120-90(86(84)113-51-68-39-25-12-26-40-68)122-79-72(54-106-46-63-29-15-7-16-30-63)117-87(102)85(112-50-67-37-23-11-24-38-67)83(79)111-49-66-35-21-10-22-36-66/h6-44,71-90,102H,45-57H2,1-5H3,(H,96,98)(H,97,103)/t71-,72-,73-,74-,75-,76-,77-,78+,79-,80+,81-,82-,83+,84+,85-,86-,87-,88+,89+,90+/m1/s1. The van der Waals surface area contributed by atoms with Gasteiger partial charge in [-0.2, -0.15) is 0 Å². The van der Waals surface area contributed by atoms with Crippen LogP contribution in [-0.2, 0) is 162 Å². The van der Waals surface area contributed by atoms with Gasteiger partial charge in [0.25, 0.3) is 0 Å². The number of nitrogens with one attached hydrogen (secondary N) is 2. The van der Waals surface area contributed by atoms with Crippen LogP contribution in [0.5, 0.6) is 5.75 Å². The van der Waals surface area contributed by atoms with Crippen LogP contribution in [-0.4, -0.2) is 202 Å². The van der Waals surface area contributed by atoms with Gasteiger partial charge in [-0.25, -0.2) is 4.79 Å². The molecule has 0 bridgehead atoms. The number of rotatable bonds is 41. The molecule has 4 saturated heterocycles. The van der Waals surface area contributed by atoms with Crippen molar-refractivity contribution in [2.24, 2.45) is 0 Å². The molecule has 658 valence electrons. The van der Waals surface area contributed by atoms with E-state index in [0.29, 0.717) is 16.9 Å². The highest BCUT2D eigenvalue weighted by atomic mass is 35.6. The Labute approximate surface area is 729 Å². The number of aliphatic hydroxyl groups is 1. The van der Waals surface area contributed by atoms with E-state index in [1.54, 1.807) is 19.2 Å². The van der Waals surface area contributed by atoms with Gasteiger partial charge in [-0.15, -0.1) is 0 Å². The Hall–Kier alpha value is -9.06. The third kappa shape index (κ3) is 28.5. The number of carbonyl (C=O) groups is 5. The zero-order valence-electron chi connectivity index (χ0n) is 68.5. The van der Waals surface area contributed by atoms with Crippen LogP contribution in [0.2, 0.25) is 0 Å². The number of alkyl halides is 3. The molecule has 20 atom stereocenters. The molecule has 4 aliphatic heterocycles. The fraction of sp³-hybridized carbons (Fsp3) is 0.424. The lowest BCUT2D eigenvalue weighted by Crippen LogP contribution is -2.71. The van der Waals surface area contributed by atoms with Gasteiger partial charge in [0.2, 0.25) is 9.70 Å². The average Bonchev–Trinajstić information content (AvgIpc) is 0.752. The summed E-state index contributed by atoms with van der Waals surface area (Å²) in [7, 11) is 1.57. The van der Waals surface area contributed by atoms with Crippen LogP contribution in [0, 0.1) is 0 Å². The number of amides is 2. The van der Waals surface area contributed by atoms with Crippen molar-refractivity contribution in [3.63, 3.8) is 0 Å². The van der Waals surface area contributed by atoms with Gasteiger partial charge in [0, 0.05) is 27.7 Å². The van der Waals surface area contributed by atoms with Gasteiger partial charge >= 0.3 is 24.0 Å². The zero-order valence-corrected chi connectivity index (χ0v) is 70.8. The lowest BCUT2D eigenvalue weighted by molar-refractivity contribution is -0.399. The van der Waals surface area contributed by atoms with Crippen molar-refractivity contribution in [2.45, 2.75) is 207 Å². The number of esters is 3. The van der Waals surface area contributed by atoms with Gasteiger partial charge in [-0.3, -0.25) is 19.2 Å². The number of benzene rings is 8. The summed E-state index contributed by atoms with van der Waals surface area (Å²) in [6, 6.07) is 69.4. The van der Waals surface area contributed by atoms with Crippen LogP contribution in [0.4, 0.5) is 4.79 Å². The van der Waals surface area contributed by atoms with E-state index in [4.69, 9.17) is 130 Å². The third-order valence-electron chi connectivity index (χ3n) is 20.4. The Bertz CT molecular complexity index is 4490. The predicted octanol–water partition coefficient (Wildman–Crippen LogP) is 12.0. The number of alkyl carbamates (subject to hydrolysis) is 1. The summed E-state index contributed by atoms with van der Waals surface area (Å²) >= 11 is 18.6. The number of ether oxygens (including phenoxy) is 20. The molecule has 2 amide bonds. The largest absolute Gasteiger partial charge is 0.497 e. The normalized spacial score (nSPS) is 26.4. The third-order valence-corrected chi connectivity index (χ3v) is 20.7. The number of halogens is 3. The SMILES string of the molecule is COc1ccc(CO[C@H]2[C@H](OCc3ccccc3)[C@@H](NC(C)=O)[C@H](O[C@H]3[C@@H](O[C@@H]4O[C@H](COC(C)=O)[C@H](OC(C)=O)[C@H](OC(C)=O)[C@H]4NC(=O)OCC(Cl)(Cl)Cl)[C@@H](COCc4ccccc4)O[C@@H](O[C@H]4[C@H](OCc5ccccc5)[C@@H](OCc5ccccc5)[C@H](O)O[C@@H]4COCc4ccccc4)[C@@H]3OCc3ccccc3)O[C@@H]2COCc2ccccc2)cc1. The molecule has 0 spiro atoms. The number of carbonyl (C=O) groups excluding carboxylic acids is 5. The maximum atomic E-state index is 14.6. The van der Waals surface area contributed by atoms with Crippen molar-refractivity contribution in [3.8, 4) is 5.75 Å². The molecule has 4 heterocycles. The van der Waals surface area contributed by atoms with Gasteiger partial charge < -0.3 is 110 Å². The molecule has 31 heteroatoms. The molecule has 0 aromatic heterocycles. The molecule has 28 nitrogen and oxygen atoms in total. The number of methoxy groups -OCH3 is 1. The maximum Gasteiger partial charge on any atom is 0.407 e. The number of hydrogen-bond acceptors (Lipinski definition) is 26. The minimum absolute atomic E-state index is 0.0280. The van der Waals surface area contributed by atoms with Crippen LogP contribution in [0.25, 0.3) is 0 Å². The van der Waals surface area contributed by atoms with Crippen molar-refractivity contribution < 1.29 is 124 Å². The molecular formula is C92H103Cl3N2O26. The first-order valence-electron chi connectivity index (χ1n) is 40.4. The maximum absolute atomic E-state index is 14.6. The van der Waals surface area contributed by atoms with Crippen LogP contribution in [0.15, 0.2) is 237 Å². The summed E-state index contributed by atoms with van der Waals surface area (Å²) < 4.78 is 134. The monoisotopic (exact) mass is 1760 g/mol. The lowest BCUT2D eigenvalue weighted by Gasteiger charge is -2.53. The smallest absolute Gasteiger partial charge is 0.407 e. The first-order chi connectivity index (χ1) is 59.7. The second kappa shape index (κ2) is 47.3. The van der Waals surface area contributed by atoms with Gasteiger partial charge in [0.05, 0.1) is 79.8 Å². The van der Waals surface area contributed by atoms with Crippen LogP contribution < -0.4 is 15.4 Å². The van der Waals surface area contributed by atoms with Gasteiger partial charge in [0.15, 0.2) is 37.4 Å². The Morgan fingerprint density at radius 1 is 0.341 bits per heavy atom. The highest BCUT2D eigenvalue weighted by Gasteiger charge is 2.60. The van der Waals surface area contributed by atoms with E-state index >= 15 is 0 Å². The van der Waals surface area contributed by atoms with Gasteiger partial charge in [0.1, 0.15) is 104 Å². The van der Waals surface area contributed by atoms with E-state index in [-0.39, 0.29) is 66.1 Å². The van der Waals surface area contributed by atoms with E-state index in [2.05, 4.69) is 10.6 Å². The molecular weight excluding hydrogens is 1660 g/mol. The molecule has 8 aromatic rings. The molecule has 123 heavy (non-hydrogen) atoms. The summed E-state index contributed by atoms with van der Waals surface area (Å²) in [6.45, 7) is 1.83. The predicted molar refractivity (Wildman–Crippen MR) is 445 cm³/mol. The first kappa shape index (κ1) is 93.1. The minimum Gasteiger partial charge on any atom is -0.497 e. The Morgan fingerprint density at radius 3 is 1.11 bits per heavy atom. The van der Waals surface area contributed by atoms with E-state index < -0.39 is 176 Å². The van der Waals surface area contributed by atoms with Gasteiger partial charge in [-0.1, -0.05) is 259 Å².